The fourth-order valence-electron chi connectivity index (χ4n) is 2.17. The Kier molecular flexibility index (Phi) is 4.33. The minimum Gasteiger partial charge on any atom is -0.305 e. The Bertz CT molecular complexity index is 892. The molecule has 3 rings (SSSR count). The highest BCUT2D eigenvalue weighted by Crippen LogP contribution is 2.13. The van der Waals surface area contributed by atoms with Gasteiger partial charge >= 0.3 is 0 Å². The van der Waals surface area contributed by atoms with Crippen molar-refractivity contribution in [3.8, 4) is 0 Å². The van der Waals surface area contributed by atoms with Crippen LogP contribution in [0.1, 0.15) is 15.9 Å². The number of carbonyl (C=O) groups excluding carboxylic acids is 1. The molecule has 0 unspecified atom stereocenters. The summed E-state index contributed by atoms with van der Waals surface area (Å²) in [7, 11) is 0. The third-order valence-corrected chi connectivity index (χ3v) is 3.35. The summed E-state index contributed by atoms with van der Waals surface area (Å²) in [6, 6.07) is 10.3. The van der Waals surface area contributed by atoms with E-state index >= 15 is 0 Å². The number of rotatable bonds is 4. The first-order chi connectivity index (χ1) is 11.5. The second-order valence-corrected chi connectivity index (χ2v) is 5.07. The lowest BCUT2D eigenvalue weighted by molar-refractivity contribution is 0.102. The summed E-state index contributed by atoms with van der Waals surface area (Å²) >= 11 is 0. The van der Waals surface area contributed by atoms with E-state index in [1.165, 1.54) is 16.8 Å². The highest BCUT2D eigenvalue weighted by Gasteiger charge is 2.14. The molecule has 0 aliphatic rings. The molecular weight excluding hydrogens is 319 g/mol. The second kappa shape index (κ2) is 6.57. The van der Waals surface area contributed by atoms with Crippen molar-refractivity contribution < 1.29 is 18.0 Å². The zero-order chi connectivity index (χ0) is 17.1. The molecule has 122 valence electrons. The molecule has 1 amide bonds. The normalized spacial score (nSPS) is 10.6. The van der Waals surface area contributed by atoms with E-state index in [1.807, 2.05) is 0 Å². The van der Waals surface area contributed by atoms with Gasteiger partial charge < -0.3 is 5.32 Å². The molecule has 1 aromatic heterocycles. The molecule has 0 spiro atoms. The number of anilines is 1. The average Bonchev–Trinajstić information content (AvgIpc) is 2.99. The fraction of sp³-hybridized carbons (Fsp3) is 0.0588. The van der Waals surface area contributed by atoms with Crippen molar-refractivity contribution in [2.24, 2.45) is 0 Å². The first-order valence-electron chi connectivity index (χ1n) is 7.06. The molecule has 0 bridgehead atoms. The Hall–Kier alpha value is -3.09. The Balaban J connectivity index is 1.73. The number of nitrogens with zero attached hydrogens (tertiary/aromatic N) is 2. The smallest absolute Gasteiger partial charge is 0.259 e. The quantitative estimate of drug-likeness (QED) is 0.794. The standard InChI is InChI=1S/C17H12F3N3O/c18-12-5-6-15(20)13(9-12)17(24)21-16-7-8-23(22-16)10-11-3-1-2-4-14(11)19/h1-9H,10H2,(H,21,22,24). The number of aromatic nitrogens is 2. The van der Waals surface area contributed by atoms with Crippen molar-refractivity contribution in [3.05, 3.63) is 83.3 Å². The van der Waals surface area contributed by atoms with Crippen LogP contribution in [0.4, 0.5) is 19.0 Å². The van der Waals surface area contributed by atoms with Crippen molar-refractivity contribution in [1.29, 1.82) is 0 Å². The van der Waals surface area contributed by atoms with Crippen molar-refractivity contribution in [2.45, 2.75) is 6.54 Å². The first-order valence-corrected chi connectivity index (χ1v) is 7.06. The van der Waals surface area contributed by atoms with Gasteiger partial charge in [0.15, 0.2) is 5.82 Å². The monoisotopic (exact) mass is 331 g/mol. The molecule has 0 aliphatic carbocycles. The average molecular weight is 331 g/mol. The van der Waals surface area contributed by atoms with Crippen LogP contribution in [0.5, 0.6) is 0 Å². The summed E-state index contributed by atoms with van der Waals surface area (Å²) in [4.78, 5) is 12.0. The molecule has 0 radical (unpaired) electrons. The molecule has 1 N–H and O–H groups in total. The van der Waals surface area contributed by atoms with E-state index in [2.05, 4.69) is 10.4 Å². The summed E-state index contributed by atoms with van der Waals surface area (Å²) in [6.45, 7) is 0.177. The van der Waals surface area contributed by atoms with E-state index < -0.39 is 23.1 Å². The Morgan fingerprint density at radius 3 is 2.62 bits per heavy atom. The van der Waals surface area contributed by atoms with E-state index in [0.29, 0.717) is 5.56 Å². The number of amides is 1. The maximum Gasteiger partial charge on any atom is 0.259 e. The highest BCUT2D eigenvalue weighted by atomic mass is 19.1. The summed E-state index contributed by atoms with van der Waals surface area (Å²) in [5, 5.41) is 6.44. The van der Waals surface area contributed by atoms with Gasteiger partial charge in [0.1, 0.15) is 17.5 Å². The molecule has 0 saturated heterocycles. The zero-order valence-corrected chi connectivity index (χ0v) is 12.3. The van der Waals surface area contributed by atoms with E-state index in [4.69, 9.17) is 0 Å². The molecule has 3 aromatic rings. The Labute approximate surface area is 135 Å². The number of hydrogen-bond acceptors (Lipinski definition) is 2. The first kappa shape index (κ1) is 15.8. The summed E-state index contributed by atoms with van der Waals surface area (Å²) in [5.41, 5.74) is 0.0216. The van der Waals surface area contributed by atoms with Crippen LogP contribution in [0.2, 0.25) is 0 Å². The van der Waals surface area contributed by atoms with E-state index in [9.17, 15) is 18.0 Å². The minimum absolute atomic E-state index is 0.153. The van der Waals surface area contributed by atoms with Crippen LogP contribution < -0.4 is 5.32 Å². The predicted molar refractivity (Wildman–Crippen MR) is 82.0 cm³/mol. The van der Waals surface area contributed by atoms with Crippen molar-refractivity contribution in [1.82, 2.24) is 9.78 Å². The fourth-order valence-corrected chi connectivity index (χ4v) is 2.17. The predicted octanol–water partition coefficient (Wildman–Crippen LogP) is 3.60. The summed E-state index contributed by atoms with van der Waals surface area (Å²) in [5.74, 6) is -2.57. The lowest BCUT2D eigenvalue weighted by Crippen LogP contribution is -2.15. The van der Waals surface area contributed by atoms with Crippen LogP contribution >= 0.6 is 0 Å². The number of carbonyl (C=O) groups is 1. The van der Waals surface area contributed by atoms with E-state index in [-0.39, 0.29) is 18.2 Å². The van der Waals surface area contributed by atoms with Gasteiger partial charge in [0.2, 0.25) is 0 Å². The molecule has 0 fully saturated rings. The maximum atomic E-state index is 13.6. The summed E-state index contributed by atoms with van der Waals surface area (Å²) < 4.78 is 41.7. The number of hydrogen-bond donors (Lipinski definition) is 1. The van der Waals surface area contributed by atoms with Gasteiger partial charge in [0, 0.05) is 17.8 Å². The molecule has 1 heterocycles. The van der Waals surface area contributed by atoms with E-state index in [0.717, 1.165) is 18.2 Å². The maximum absolute atomic E-state index is 13.6. The molecule has 0 atom stereocenters. The van der Waals surface area contributed by atoms with Gasteiger partial charge in [-0.2, -0.15) is 5.10 Å². The zero-order valence-electron chi connectivity index (χ0n) is 12.3. The molecule has 4 nitrogen and oxygen atoms in total. The largest absolute Gasteiger partial charge is 0.305 e. The van der Waals surface area contributed by atoms with Gasteiger partial charge in [-0.25, -0.2) is 13.2 Å². The molecule has 0 aliphatic heterocycles. The second-order valence-electron chi connectivity index (χ2n) is 5.07. The van der Waals surface area contributed by atoms with Gasteiger partial charge in [-0.05, 0) is 24.3 Å². The third-order valence-electron chi connectivity index (χ3n) is 3.35. The number of benzene rings is 2. The van der Waals surface area contributed by atoms with Crippen molar-refractivity contribution in [2.75, 3.05) is 5.32 Å². The number of nitrogens with one attached hydrogen (secondary N) is 1. The molecule has 0 saturated carbocycles. The molecule has 7 heteroatoms. The van der Waals surface area contributed by atoms with Crippen LogP contribution in [0.25, 0.3) is 0 Å². The van der Waals surface area contributed by atoms with Crippen LogP contribution in [0.15, 0.2) is 54.7 Å². The van der Waals surface area contributed by atoms with E-state index in [1.54, 1.807) is 24.4 Å². The molecule has 24 heavy (non-hydrogen) atoms. The topological polar surface area (TPSA) is 46.9 Å². The minimum atomic E-state index is -0.834. The summed E-state index contributed by atoms with van der Waals surface area (Å²) in [6.07, 6.45) is 1.55. The van der Waals surface area contributed by atoms with Crippen LogP contribution in [-0.2, 0) is 6.54 Å². The lowest BCUT2D eigenvalue weighted by atomic mass is 10.2. The Morgan fingerprint density at radius 1 is 1.04 bits per heavy atom. The van der Waals surface area contributed by atoms with Gasteiger partial charge in [0.05, 0.1) is 12.1 Å². The SMILES string of the molecule is O=C(Nc1ccn(Cc2ccccc2F)n1)c1cc(F)ccc1F. The van der Waals surface area contributed by atoms with Gasteiger partial charge in [-0.3, -0.25) is 9.48 Å². The lowest BCUT2D eigenvalue weighted by Gasteiger charge is -2.05. The van der Waals surface area contributed by atoms with Gasteiger partial charge in [-0.15, -0.1) is 0 Å². The van der Waals surface area contributed by atoms with Crippen molar-refractivity contribution in [3.63, 3.8) is 0 Å². The molecular formula is C17H12F3N3O. The van der Waals surface area contributed by atoms with Crippen LogP contribution in [0, 0.1) is 17.5 Å². The van der Waals surface area contributed by atoms with Crippen molar-refractivity contribution >= 4 is 11.7 Å². The molecule has 2 aromatic carbocycles. The van der Waals surface area contributed by atoms with Crippen LogP contribution in [-0.4, -0.2) is 15.7 Å². The highest BCUT2D eigenvalue weighted by molar-refractivity contribution is 6.03. The Morgan fingerprint density at radius 2 is 1.83 bits per heavy atom. The van der Waals surface area contributed by atoms with Gasteiger partial charge in [-0.1, -0.05) is 18.2 Å². The van der Waals surface area contributed by atoms with Gasteiger partial charge in [0.25, 0.3) is 5.91 Å². The third kappa shape index (κ3) is 3.45. The van der Waals surface area contributed by atoms with Crippen LogP contribution in [0.3, 0.4) is 0 Å². The number of halogens is 3.